The van der Waals surface area contributed by atoms with Crippen LogP contribution in [0.2, 0.25) is 0 Å². The summed E-state index contributed by atoms with van der Waals surface area (Å²) in [4.78, 5) is 10.1. The van der Waals surface area contributed by atoms with Crippen LogP contribution >= 0.6 is 0 Å². The molecule has 0 saturated heterocycles. The third-order valence-electron chi connectivity index (χ3n) is 2.35. The first-order valence-electron chi connectivity index (χ1n) is 4.35. The number of aliphatic hydroxyl groups excluding tert-OH is 1. The summed E-state index contributed by atoms with van der Waals surface area (Å²) in [5.74, 6) is 0. The highest BCUT2D eigenvalue weighted by Gasteiger charge is 2.21. The van der Waals surface area contributed by atoms with Gasteiger partial charge in [-0.15, -0.1) is 0 Å². The van der Waals surface area contributed by atoms with Crippen molar-refractivity contribution in [3.8, 4) is 0 Å². The number of non-ortho nitro benzene ring substituents is 1. The number of nitro benzene ring substituents is 1. The Hall–Kier alpha value is -1.62. The number of fused-ring (bicyclic) bond motifs is 1. The fourth-order valence-electron chi connectivity index (χ4n) is 1.65. The van der Waals surface area contributed by atoms with E-state index in [9.17, 15) is 10.1 Å². The lowest BCUT2D eigenvalue weighted by molar-refractivity contribution is -0.384. The van der Waals surface area contributed by atoms with Gasteiger partial charge in [0.15, 0.2) is 0 Å². The van der Waals surface area contributed by atoms with Gasteiger partial charge in [0.25, 0.3) is 5.69 Å². The highest BCUT2D eigenvalue weighted by atomic mass is 16.6. The molecular weight excluding hydrogens is 184 g/mol. The largest absolute Gasteiger partial charge is 0.394 e. The van der Waals surface area contributed by atoms with Crippen LogP contribution in [0.15, 0.2) is 18.2 Å². The number of benzene rings is 1. The van der Waals surface area contributed by atoms with Gasteiger partial charge < -0.3 is 10.4 Å². The molecule has 1 heterocycles. The van der Waals surface area contributed by atoms with Crippen LogP contribution in [0.25, 0.3) is 0 Å². The molecule has 5 heteroatoms. The van der Waals surface area contributed by atoms with Crippen LogP contribution < -0.4 is 5.32 Å². The molecule has 0 unspecified atom stereocenters. The highest BCUT2D eigenvalue weighted by molar-refractivity contribution is 5.60. The smallest absolute Gasteiger partial charge is 0.269 e. The third-order valence-corrected chi connectivity index (χ3v) is 2.35. The third kappa shape index (κ3) is 1.42. The number of nitrogens with zero attached hydrogens (tertiary/aromatic N) is 1. The predicted molar refractivity (Wildman–Crippen MR) is 51.3 cm³/mol. The van der Waals surface area contributed by atoms with Crippen LogP contribution in [0.3, 0.4) is 0 Å². The summed E-state index contributed by atoms with van der Waals surface area (Å²) in [5.41, 5.74) is 1.89. The zero-order valence-electron chi connectivity index (χ0n) is 7.43. The van der Waals surface area contributed by atoms with Crippen molar-refractivity contribution >= 4 is 11.4 Å². The molecule has 0 aromatic heterocycles. The van der Waals surface area contributed by atoms with Gasteiger partial charge in [0.05, 0.1) is 17.6 Å². The van der Waals surface area contributed by atoms with Crippen LogP contribution in [0, 0.1) is 10.1 Å². The van der Waals surface area contributed by atoms with E-state index in [-0.39, 0.29) is 18.3 Å². The summed E-state index contributed by atoms with van der Waals surface area (Å²) in [6, 6.07) is 4.69. The molecule has 1 atom stereocenters. The number of aliphatic hydroxyl groups is 1. The summed E-state index contributed by atoms with van der Waals surface area (Å²) in [6.45, 7) is 0.0441. The molecule has 1 aliphatic heterocycles. The maximum Gasteiger partial charge on any atom is 0.269 e. The normalized spacial score (nSPS) is 18.8. The van der Waals surface area contributed by atoms with E-state index < -0.39 is 4.92 Å². The van der Waals surface area contributed by atoms with Crippen molar-refractivity contribution in [1.29, 1.82) is 0 Å². The Morgan fingerprint density at radius 2 is 2.43 bits per heavy atom. The fourth-order valence-corrected chi connectivity index (χ4v) is 1.65. The molecule has 2 N–H and O–H groups in total. The zero-order valence-corrected chi connectivity index (χ0v) is 7.43. The van der Waals surface area contributed by atoms with Crippen LogP contribution in [0.4, 0.5) is 11.4 Å². The van der Waals surface area contributed by atoms with Gasteiger partial charge in [-0.1, -0.05) is 0 Å². The van der Waals surface area contributed by atoms with Crippen LogP contribution in [-0.4, -0.2) is 22.7 Å². The molecule has 2 rings (SSSR count). The minimum absolute atomic E-state index is 0.00740. The van der Waals surface area contributed by atoms with Crippen molar-refractivity contribution < 1.29 is 10.0 Å². The Morgan fingerprint density at radius 1 is 1.64 bits per heavy atom. The molecule has 0 bridgehead atoms. The number of hydrogen-bond donors (Lipinski definition) is 2. The summed E-state index contributed by atoms with van der Waals surface area (Å²) in [5, 5.41) is 22.5. The van der Waals surface area contributed by atoms with Crippen molar-refractivity contribution in [2.24, 2.45) is 0 Å². The highest BCUT2D eigenvalue weighted by Crippen LogP contribution is 2.28. The summed E-state index contributed by atoms with van der Waals surface area (Å²) in [6.07, 6.45) is 0.646. The quantitative estimate of drug-likeness (QED) is 0.542. The first kappa shape index (κ1) is 8.96. The van der Waals surface area contributed by atoms with Gasteiger partial charge in [0.1, 0.15) is 0 Å². The van der Waals surface area contributed by atoms with E-state index >= 15 is 0 Å². The van der Waals surface area contributed by atoms with Gasteiger partial charge in [0, 0.05) is 17.8 Å². The zero-order chi connectivity index (χ0) is 10.1. The SMILES string of the molecule is O=[N+]([O-])c1ccc2c(c1)C[C@@H](CO)N2. The second-order valence-corrected chi connectivity index (χ2v) is 3.33. The standard InChI is InChI=1S/C9H10N2O3/c12-5-7-3-6-4-8(11(13)14)1-2-9(6)10-7/h1-2,4,7,10,12H,3,5H2/t7-/m0/s1. The summed E-state index contributed by atoms with van der Waals surface area (Å²) < 4.78 is 0. The Labute approximate surface area is 80.5 Å². The van der Waals surface area contributed by atoms with E-state index in [1.165, 1.54) is 6.07 Å². The van der Waals surface area contributed by atoms with E-state index in [1.807, 2.05) is 0 Å². The number of rotatable bonds is 2. The first-order valence-corrected chi connectivity index (χ1v) is 4.35. The monoisotopic (exact) mass is 194 g/mol. The maximum absolute atomic E-state index is 10.5. The van der Waals surface area contributed by atoms with Gasteiger partial charge in [0.2, 0.25) is 0 Å². The van der Waals surface area contributed by atoms with E-state index in [4.69, 9.17) is 5.11 Å². The number of anilines is 1. The second-order valence-electron chi connectivity index (χ2n) is 3.33. The lowest BCUT2D eigenvalue weighted by Gasteiger charge is -2.04. The molecule has 0 fully saturated rings. The van der Waals surface area contributed by atoms with Crippen LogP contribution in [-0.2, 0) is 6.42 Å². The molecule has 5 nitrogen and oxygen atoms in total. The summed E-state index contributed by atoms with van der Waals surface area (Å²) >= 11 is 0. The molecule has 1 aromatic rings. The fraction of sp³-hybridized carbons (Fsp3) is 0.333. The molecule has 74 valence electrons. The topological polar surface area (TPSA) is 75.4 Å². The molecule has 14 heavy (non-hydrogen) atoms. The van der Waals surface area contributed by atoms with Gasteiger partial charge in [-0.3, -0.25) is 10.1 Å². The van der Waals surface area contributed by atoms with Gasteiger partial charge in [-0.05, 0) is 18.1 Å². The average molecular weight is 194 g/mol. The molecule has 0 saturated carbocycles. The predicted octanol–water partition coefficient (Wildman–Crippen LogP) is 0.924. The lowest BCUT2D eigenvalue weighted by atomic mass is 10.1. The number of nitrogens with one attached hydrogen (secondary N) is 1. The Morgan fingerprint density at radius 3 is 3.07 bits per heavy atom. The molecule has 0 radical (unpaired) electrons. The number of hydrogen-bond acceptors (Lipinski definition) is 4. The second kappa shape index (κ2) is 3.26. The van der Waals surface area contributed by atoms with Crippen LogP contribution in [0.1, 0.15) is 5.56 Å². The van der Waals surface area contributed by atoms with E-state index in [0.29, 0.717) is 6.42 Å². The van der Waals surface area contributed by atoms with Crippen molar-refractivity contribution in [1.82, 2.24) is 0 Å². The molecule has 0 spiro atoms. The Balaban J connectivity index is 2.31. The first-order chi connectivity index (χ1) is 6.70. The minimum Gasteiger partial charge on any atom is -0.394 e. The van der Waals surface area contributed by atoms with Gasteiger partial charge in [-0.2, -0.15) is 0 Å². The summed E-state index contributed by atoms with van der Waals surface area (Å²) in [7, 11) is 0. The van der Waals surface area contributed by atoms with Crippen molar-refractivity contribution in [3.05, 3.63) is 33.9 Å². The maximum atomic E-state index is 10.5. The van der Waals surface area contributed by atoms with E-state index in [1.54, 1.807) is 12.1 Å². The molecule has 1 aromatic carbocycles. The molecular formula is C9H10N2O3. The minimum atomic E-state index is -0.410. The van der Waals surface area contributed by atoms with E-state index in [0.717, 1.165) is 11.3 Å². The van der Waals surface area contributed by atoms with Crippen molar-refractivity contribution in [3.63, 3.8) is 0 Å². The lowest BCUT2D eigenvalue weighted by Crippen LogP contribution is -2.19. The Bertz CT molecular complexity index is 378. The van der Waals surface area contributed by atoms with Crippen molar-refractivity contribution in [2.45, 2.75) is 12.5 Å². The Kier molecular flexibility index (Phi) is 2.09. The van der Waals surface area contributed by atoms with E-state index in [2.05, 4.69) is 5.32 Å². The van der Waals surface area contributed by atoms with Gasteiger partial charge in [-0.25, -0.2) is 0 Å². The van der Waals surface area contributed by atoms with Crippen molar-refractivity contribution in [2.75, 3.05) is 11.9 Å². The number of nitro groups is 1. The van der Waals surface area contributed by atoms with Gasteiger partial charge >= 0.3 is 0 Å². The average Bonchev–Trinajstić information content (AvgIpc) is 2.58. The molecule has 0 aliphatic carbocycles. The van der Waals surface area contributed by atoms with Crippen LogP contribution in [0.5, 0.6) is 0 Å². The molecule has 1 aliphatic rings. The molecule has 0 amide bonds.